The number of amides is 3. The number of aryl methyl sites for hydroxylation is 2. The third-order valence-electron chi connectivity index (χ3n) is 6.30. The molecular formula is C30H28ClN3O5. The maximum Gasteiger partial charge on any atom is 0.338 e. The molecule has 0 bridgehead atoms. The van der Waals surface area contributed by atoms with Gasteiger partial charge in [0.25, 0.3) is 17.7 Å². The van der Waals surface area contributed by atoms with Crippen LogP contribution in [0.25, 0.3) is 0 Å². The molecule has 1 aliphatic heterocycles. The fourth-order valence-corrected chi connectivity index (χ4v) is 4.06. The Morgan fingerprint density at radius 1 is 0.846 bits per heavy atom. The van der Waals surface area contributed by atoms with Crippen LogP contribution < -0.4 is 15.5 Å². The van der Waals surface area contributed by atoms with Gasteiger partial charge in [0.1, 0.15) is 10.7 Å². The molecule has 2 N–H and O–H groups in total. The first-order valence-electron chi connectivity index (χ1n) is 12.5. The fourth-order valence-electron chi connectivity index (χ4n) is 3.85. The van der Waals surface area contributed by atoms with Gasteiger partial charge in [0, 0.05) is 16.9 Å². The van der Waals surface area contributed by atoms with Crippen LogP contribution in [0.5, 0.6) is 0 Å². The number of ether oxygens (including phenoxy) is 1. The van der Waals surface area contributed by atoms with Crippen molar-refractivity contribution < 1.29 is 23.9 Å². The number of anilines is 3. The average molecular weight is 546 g/mol. The Bertz CT molecular complexity index is 1460. The van der Waals surface area contributed by atoms with Crippen molar-refractivity contribution in [3.05, 3.63) is 99.7 Å². The molecule has 0 saturated carbocycles. The number of carbonyl (C=O) groups excluding carboxylic acids is 4. The van der Waals surface area contributed by atoms with E-state index in [2.05, 4.69) is 10.6 Å². The predicted octanol–water partition coefficient (Wildman–Crippen LogP) is 5.95. The standard InChI is InChI=1S/C30H28ClN3O5/c1-4-5-16-39-30(38)21-9-13-23(14-10-21)33-27(35)20-7-11-22(12-8-20)32-26-25(31)28(36)34(29(26)37)24-15-6-18(2)19(3)17-24/h6-15,17,32H,4-5,16H2,1-3H3,(H,33,35). The summed E-state index contributed by atoms with van der Waals surface area (Å²) in [6.45, 7) is 6.23. The molecule has 9 heteroatoms. The van der Waals surface area contributed by atoms with Crippen molar-refractivity contribution in [3.63, 3.8) is 0 Å². The van der Waals surface area contributed by atoms with Crippen LogP contribution in [0.15, 0.2) is 77.5 Å². The Labute approximate surface area is 231 Å². The van der Waals surface area contributed by atoms with Crippen molar-refractivity contribution in [1.29, 1.82) is 0 Å². The number of nitrogens with zero attached hydrogens (tertiary/aromatic N) is 1. The number of halogens is 1. The largest absolute Gasteiger partial charge is 0.462 e. The summed E-state index contributed by atoms with van der Waals surface area (Å²) in [7, 11) is 0. The van der Waals surface area contributed by atoms with Crippen molar-refractivity contribution in [2.45, 2.75) is 33.6 Å². The van der Waals surface area contributed by atoms with Crippen molar-refractivity contribution in [1.82, 2.24) is 0 Å². The van der Waals surface area contributed by atoms with Crippen LogP contribution in [-0.2, 0) is 14.3 Å². The normalized spacial score (nSPS) is 13.1. The number of esters is 1. The van der Waals surface area contributed by atoms with Gasteiger partial charge in [-0.3, -0.25) is 14.4 Å². The molecule has 3 amide bonds. The van der Waals surface area contributed by atoms with E-state index in [1.165, 1.54) is 0 Å². The molecule has 1 heterocycles. The van der Waals surface area contributed by atoms with E-state index >= 15 is 0 Å². The zero-order valence-corrected chi connectivity index (χ0v) is 22.6. The van der Waals surface area contributed by atoms with Gasteiger partial charge in [-0.15, -0.1) is 0 Å². The second kappa shape index (κ2) is 12.0. The summed E-state index contributed by atoms with van der Waals surface area (Å²) in [6.07, 6.45) is 1.74. The number of imide groups is 1. The highest BCUT2D eigenvalue weighted by Crippen LogP contribution is 2.31. The smallest absolute Gasteiger partial charge is 0.338 e. The van der Waals surface area contributed by atoms with Gasteiger partial charge in [0.2, 0.25) is 0 Å². The first kappa shape index (κ1) is 27.6. The average Bonchev–Trinajstić information content (AvgIpc) is 3.14. The maximum atomic E-state index is 13.0. The first-order chi connectivity index (χ1) is 18.7. The summed E-state index contributed by atoms with van der Waals surface area (Å²) in [4.78, 5) is 51.6. The van der Waals surface area contributed by atoms with Gasteiger partial charge in [-0.05, 0) is 92.1 Å². The van der Waals surface area contributed by atoms with Gasteiger partial charge in [0.15, 0.2) is 0 Å². The molecule has 200 valence electrons. The quantitative estimate of drug-likeness (QED) is 0.196. The van der Waals surface area contributed by atoms with E-state index in [-0.39, 0.29) is 16.6 Å². The number of carbonyl (C=O) groups is 4. The zero-order valence-electron chi connectivity index (χ0n) is 21.8. The number of hydrogen-bond acceptors (Lipinski definition) is 6. The molecule has 3 aromatic rings. The van der Waals surface area contributed by atoms with Gasteiger partial charge in [-0.1, -0.05) is 31.0 Å². The van der Waals surface area contributed by atoms with Crippen LogP contribution in [0.3, 0.4) is 0 Å². The molecular weight excluding hydrogens is 518 g/mol. The number of benzene rings is 3. The Hall–Kier alpha value is -4.43. The van der Waals surface area contributed by atoms with Crippen molar-refractivity contribution in [3.8, 4) is 0 Å². The van der Waals surface area contributed by atoms with Gasteiger partial charge in [0.05, 0.1) is 17.9 Å². The summed E-state index contributed by atoms with van der Waals surface area (Å²) in [5.41, 5.74) is 4.17. The van der Waals surface area contributed by atoms with Crippen molar-refractivity contribution >= 4 is 52.4 Å². The van der Waals surface area contributed by atoms with Crippen LogP contribution >= 0.6 is 11.6 Å². The molecule has 0 unspecified atom stereocenters. The van der Waals surface area contributed by atoms with E-state index in [4.69, 9.17) is 16.3 Å². The van der Waals surface area contributed by atoms with Crippen molar-refractivity contribution in [2.75, 3.05) is 22.1 Å². The number of nitrogens with one attached hydrogen (secondary N) is 2. The molecule has 1 aliphatic rings. The van der Waals surface area contributed by atoms with Crippen LogP contribution in [0.4, 0.5) is 17.1 Å². The third-order valence-corrected chi connectivity index (χ3v) is 6.65. The highest BCUT2D eigenvalue weighted by atomic mass is 35.5. The molecule has 0 aromatic heterocycles. The van der Waals surface area contributed by atoms with Gasteiger partial charge in [-0.25, -0.2) is 9.69 Å². The molecule has 39 heavy (non-hydrogen) atoms. The second-order valence-corrected chi connectivity index (χ2v) is 9.50. The number of rotatable bonds is 9. The molecule has 0 fully saturated rings. The minimum Gasteiger partial charge on any atom is -0.462 e. The molecule has 8 nitrogen and oxygen atoms in total. The van der Waals surface area contributed by atoms with Gasteiger partial charge >= 0.3 is 5.97 Å². The minimum atomic E-state index is -0.608. The van der Waals surface area contributed by atoms with Gasteiger partial charge in [-0.2, -0.15) is 0 Å². The highest BCUT2D eigenvalue weighted by Gasteiger charge is 2.39. The Balaban J connectivity index is 1.39. The first-order valence-corrected chi connectivity index (χ1v) is 12.9. The summed E-state index contributed by atoms with van der Waals surface area (Å²) in [6, 6.07) is 18.1. The van der Waals surface area contributed by atoms with Crippen molar-refractivity contribution in [2.24, 2.45) is 0 Å². The lowest BCUT2D eigenvalue weighted by molar-refractivity contribution is -0.120. The second-order valence-electron chi connectivity index (χ2n) is 9.13. The van der Waals surface area contributed by atoms with Crippen LogP contribution in [-0.4, -0.2) is 30.3 Å². The Morgan fingerprint density at radius 2 is 1.49 bits per heavy atom. The topological polar surface area (TPSA) is 105 Å². The van der Waals surface area contributed by atoms with Crippen LogP contribution in [0, 0.1) is 13.8 Å². The van der Waals surface area contributed by atoms with E-state index in [0.717, 1.165) is 28.9 Å². The lowest BCUT2D eigenvalue weighted by Crippen LogP contribution is -2.32. The highest BCUT2D eigenvalue weighted by molar-refractivity contribution is 6.53. The Kier molecular flexibility index (Phi) is 8.46. The van der Waals surface area contributed by atoms with E-state index < -0.39 is 17.8 Å². The number of unbranched alkanes of at least 4 members (excludes halogenated alkanes) is 1. The molecule has 0 radical (unpaired) electrons. The van der Waals surface area contributed by atoms with Gasteiger partial charge < -0.3 is 15.4 Å². The fraction of sp³-hybridized carbons (Fsp3) is 0.200. The van der Waals surface area contributed by atoms with E-state index in [1.807, 2.05) is 26.8 Å². The minimum absolute atomic E-state index is 0.0367. The van der Waals surface area contributed by atoms with E-state index in [0.29, 0.717) is 34.8 Å². The molecule has 3 aromatic carbocycles. The monoisotopic (exact) mass is 545 g/mol. The molecule has 0 spiro atoms. The SMILES string of the molecule is CCCCOC(=O)c1ccc(NC(=O)c2ccc(NC3=C(Cl)C(=O)N(c4ccc(C)c(C)c4)C3=O)cc2)cc1. The molecule has 4 rings (SSSR count). The summed E-state index contributed by atoms with van der Waals surface area (Å²) in [5.74, 6) is -1.93. The predicted molar refractivity (Wildman–Crippen MR) is 151 cm³/mol. The van der Waals surface area contributed by atoms with Crippen LogP contribution in [0.2, 0.25) is 0 Å². The lowest BCUT2D eigenvalue weighted by atomic mass is 10.1. The maximum absolute atomic E-state index is 13.0. The number of hydrogen-bond donors (Lipinski definition) is 2. The summed E-state index contributed by atoms with van der Waals surface area (Å²) < 4.78 is 5.19. The van der Waals surface area contributed by atoms with E-state index in [9.17, 15) is 19.2 Å². The van der Waals surface area contributed by atoms with Crippen LogP contribution in [0.1, 0.15) is 51.6 Å². The molecule has 0 atom stereocenters. The third kappa shape index (κ3) is 6.18. The summed E-state index contributed by atoms with van der Waals surface area (Å²) in [5, 5.41) is 5.47. The lowest BCUT2D eigenvalue weighted by Gasteiger charge is -2.16. The van der Waals surface area contributed by atoms with E-state index in [1.54, 1.807) is 60.7 Å². The summed E-state index contributed by atoms with van der Waals surface area (Å²) >= 11 is 6.24. The molecule has 0 saturated heterocycles. The molecule has 0 aliphatic carbocycles. The Morgan fingerprint density at radius 3 is 2.13 bits per heavy atom. The zero-order chi connectivity index (χ0) is 28.1.